The highest BCUT2D eigenvalue weighted by atomic mass is 32.2. The number of nitrogens with one attached hydrogen (secondary N) is 1. The molecule has 0 spiro atoms. The van der Waals surface area contributed by atoms with Gasteiger partial charge in [-0.05, 0) is 43.9 Å². The van der Waals surface area contributed by atoms with E-state index in [2.05, 4.69) is 22.3 Å². The fraction of sp³-hybridized carbons (Fsp3) is 0.552. The van der Waals surface area contributed by atoms with Gasteiger partial charge in [-0.1, -0.05) is 48.0 Å². The Bertz CT molecular complexity index is 1210. The second kappa shape index (κ2) is 12.4. The fourth-order valence-corrected chi connectivity index (χ4v) is 7.56. The highest BCUT2D eigenvalue weighted by molar-refractivity contribution is 7.89. The van der Waals surface area contributed by atoms with Crippen molar-refractivity contribution in [3.8, 4) is 0 Å². The smallest absolute Gasteiger partial charge is 0.243 e. The molecule has 10 heteroatoms. The molecule has 0 aliphatic carbocycles. The number of sulfonamides is 1. The average molecular weight is 558 g/mol. The molecule has 1 amide bonds. The number of aliphatic hydroxyl groups is 1. The lowest BCUT2D eigenvalue weighted by atomic mass is 9.96. The molecule has 212 valence electrons. The van der Waals surface area contributed by atoms with Crippen LogP contribution in [0.4, 0.5) is 0 Å². The van der Waals surface area contributed by atoms with Gasteiger partial charge in [0.05, 0.1) is 48.9 Å². The van der Waals surface area contributed by atoms with Gasteiger partial charge in [0.1, 0.15) is 0 Å². The van der Waals surface area contributed by atoms with Crippen molar-refractivity contribution >= 4 is 15.9 Å². The molecule has 0 bridgehead atoms. The van der Waals surface area contributed by atoms with Crippen LogP contribution in [0.1, 0.15) is 36.8 Å². The first kappa shape index (κ1) is 28.2. The third-order valence-electron chi connectivity index (χ3n) is 7.86. The van der Waals surface area contributed by atoms with Crippen LogP contribution in [0.3, 0.4) is 0 Å². The van der Waals surface area contributed by atoms with Crippen molar-refractivity contribution in [2.75, 3.05) is 32.8 Å². The maximum atomic E-state index is 13.6. The second-order valence-electron chi connectivity index (χ2n) is 11.0. The molecule has 3 fully saturated rings. The molecule has 39 heavy (non-hydrogen) atoms. The number of carbonyl (C=O) groups excluding carboxylic acids is 1. The number of hydrogen-bond donors (Lipinski definition) is 2. The van der Waals surface area contributed by atoms with Gasteiger partial charge in [-0.25, -0.2) is 8.42 Å². The molecule has 9 nitrogen and oxygen atoms in total. The summed E-state index contributed by atoms with van der Waals surface area (Å²) in [5, 5.41) is 13.6. The Morgan fingerprint density at radius 1 is 1.03 bits per heavy atom. The van der Waals surface area contributed by atoms with Crippen molar-refractivity contribution < 1.29 is 27.8 Å². The minimum atomic E-state index is -3.85. The third kappa shape index (κ3) is 7.06. The van der Waals surface area contributed by atoms with E-state index in [9.17, 15) is 18.3 Å². The van der Waals surface area contributed by atoms with Gasteiger partial charge in [0.25, 0.3) is 0 Å². The molecule has 3 heterocycles. The van der Waals surface area contributed by atoms with E-state index in [0.29, 0.717) is 12.8 Å². The van der Waals surface area contributed by atoms with E-state index in [-0.39, 0.29) is 49.1 Å². The van der Waals surface area contributed by atoms with Gasteiger partial charge in [0, 0.05) is 32.2 Å². The van der Waals surface area contributed by atoms with Crippen molar-refractivity contribution in [2.24, 2.45) is 0 Å². The predicted octanol–water partition coefficient (Wildman–Crippen LogP) is 2.07. The Morgan fingerprint density at radius 2 is 1.79 bits per heavy atom. The molecular formula is C29H39N3O6S. The van der Waals surface area contributed by atoms with Gasteiger partial charge in [0.2, 0.25) is 15.9 Å². The first-order valence-electron chi connectivity index (χ1n) is 13.8. The standard InChI is InChI=1S/C29H39N3O6S/c1-21-7-10-26(11-8-21)39(35,36)32-18-24(33)19-37-20-28-27(32)12-9-25(38-28)15-29(34)30-23-13-14-31(17-23)16-22-5-3-2-4-6-22/h2-8,10-11,23-25,27-28,33H,9,12-20H2,1H3,(H,30,34)/t23-,24-,25+,27-,28+/m0/s1. The number of aliphatic hydroxyl groups excluding tert-OH is 1. The number of amides is 1. The predicted molar refractivity (Wildman–Crippen MR) is 146 cm³/mol. The summed E-state index contributed by atoms with van der Waals surface area (Å²) < 4.78 is 40.5. The molecule has 2 aromatic rings. The fourth-order valence-electron chi connectivity index (χ4n) is 5.85. The van der Waals surface area contributed by atoms with Crippen LogP contribution >= 0.6 is 0 Å². The van der Waals surface area contributed by atoms with Crippen molar-refractivity contribution in [3.05, 3.63) is 65.7 Å². The van der Waals surface area contributed by atoms with E-state index in [1.165, 1.54) is 9.87 Å². The van der Waals surface area contributed by atoms with Gasteiger partial charge < -0.3 is 19.9 Å². The molecule has 0 aromatic heterocycles. The van der Waals surface area contributed by atoms with Gasteiger partial charge in [-0.3, -0.25) is 9.69 Å². The van der Waals surface area contributed by atoms with Gasteiger partial charge >= 0.3 is 0 Å². The SMILES string of the molecule is Cc1ccc(S(=O)(=O)N2C[C@H](O)COC[C@H]3O[C@@H](CC(=O)N[C@H]4CCN(Cc5ccccc5)C4)CC[C@@H]32)cc1. The third-order valence-corrected chi connectivity index (χ3v) is 9.77. The topological polar surface area (TPSA) is 108 Å². The molecule has 0 unspecified atom stereocenters. The van der Waals surface area contributed by atoms with Crippen LogP contribution < -0.4 is 5.32 Å². The summed E-state index contributed by atoms with van der Waals surface area (Å²) in [4.78, 5) is 15.5. The van der Waals surface area contributed by atoms with Gasteiger partial charge in [0.15, 0.2) is 0 Å². The molecule has 3 aliphatic heterocycles. The zero-order chi connectivity index (χ0) is 27.4. The number of β-amino-alcohol motifs (C(OH)–C–C–N with tert-alkyl or cyclic N) is 1. The van der Waals surface area contributed by atoms with Crippen LogP contribution in [0, 0.1) is 6.92 Å². The van der Waals surface area contributed by atoms with E-state index in [0.717, 1.165) is 31.6 Å². The molecule has 0 radical (unpaired) electrons. The van der Waals surface area contributed by atoms with Crippen LogP contribution in [-0.4, -0.2) is 91.9 Å². The summed E-state index contributed by atoms with van der Waals surface area (Å²) in [6, 6.07) is 16.7. The van der Waals surface area contributed by atoms with Crippen LogP contribution in [0.25, 0.3) is 0 Å². The van der Waals surface area contributed by atoms with Crippen molar-refractivity contribution in [1.82, 2.24) is 14.5 Å². The van der Waals surface area contributed by atoms with E-state index in [1.807, 2.05) is 25.1 Å². The lowest BCUT2D eigenvalue weighted by molar-refractivity contribution is -0.146. The summed E-state index contributed by atoms with van der Waals surface area (Å²) in [6.07, 6.45) is 0.459. The van der Waals surface area contributed by atoms with Gasteiger partial charge in [-0.15, -0.1) is 0 Å². The quantitative estimate of drug-likeness (QED) is 0.537. The first-order valence-corrected chi connectivity index (χ1v) is 15.3. The maximum absolute atomic E-state index is 13.6. The number of ether oxygens (including phenoxy) is 2. The molecule has 5 atom stereocenters. The zero-order valence-electron chi connectivity index (χ0n) is 22.4. The monoisotopic (exact) mass is 557 g/mol. The van der Waals surface area contributed by atoms with Crippen LogP contribution in [0.5, 0.6) is 0 Å². The Hall–Kier alpha value is -2.34. The van der Waals surface area contributed by atoms with Crippen molar-refractivity contribution in [2.45, 2.75) is 74.4 Å². The molecule has 5 rings (SSSR count). The highest BCUT2D eigenvalue weighted by Crippen LogP contribution is 2.31. The van der Waals surface area contributed by atoms with E-state index >= 15 is 0 Å². The Kier molecular flexibility index (Phi) is 9.00. The number of carbonyl (C=O) groups is 1. The summed E-state index contributed by atoms with van der Waals surface area (Å²) in [6.45, 7) is 4.67. The zero-order valence-corrected chi connectivity index (χ0v) is 23.3. The normalized spacial score (nSPS) is 28.8. The van der Waals surface area contributed by atoms with Crippen LogP contribution in [-0.2, 0) is 30.8 Å². The van der Waals surface area contributed by atoms with E-state index in [4.69, 9.17) is 9.47 Å². The minimum Gasteiger partial charge on any atom is -0.389 e. The second-order valence-corrected chi connectivity index (χ2v) is 12.9. The number of rotatable bonds is 7. The summed E-state index contributed by atoms with van der Waals surface area (Å²) in [5.41, 5.74) is 2.23. The lowest BCUT2D eigenvalue weighted by Crippen LogP contribution is -2.57. The number of aryl methyl sites for hydroxylation is 1. The Balaban J connectivity index is 1.18. The average Bonchev–Trinajstić information content (AvgIpc) is 3.33. The number of nitrogens with zero attached hydrogens (tertiary/aromatic N) is 2. The largest absolute Gasteiger partial charge is 0.389 e. The minimum absolute atomic E-state index is 0.0266. The van der Waals surface area contributed by atoms with Gasteiger partial charge in [-0.2, -0.15) is 4.31 Å². The lowest BCUT2D eigenvalue weighted by Gasteiger charge is -2.43. The van der Waals surface area contributed by atoms with E-state index < -0.39 is 28.3 Å². The van der Waals surface area contributed by atoms with E-state index in [1.54, 1.807) is 24.3 Å². The number of benzene rings is 2. The molecule has 0 saturated carbocycles. The van der Waals surface area contributed by atoms with Crippen LogP contribution in [0.15, 0.2) is 59.5 Å². The Morgan fingerprint density at radius 3 is 2.56 bits per heavy atom. The highest BCUT2D eigenvalue weighted by Gasteiger charge is 2.43. The molecule has 3 saturated heterocycles. The molecule has 2 N–H and O–H groups in total. The van der Waals surface area contributed by atoms with Crippen molar-refractivity contribution in [1.29, 1.82) is 0 Å². The molecule has 3 aliphatic rings. The molecular weight excluding hydrogens is 518 g/mol. The molecule has 2 aromatic carbocycles. The van der Waals surface area contributed by atoms with Crippen molar-refractivity contribution in [3.63, 3.8) is 0 Å². The summed E-state index contributed by atoms with van der Waals surface area (Å²) >= 11 is 0. The summed E-state index contributed by atoms with van der Waals surface area (Å²) in [7, 11) is -3.85. The first-order chi connectivity index (χ1) is 18.8. The maximum Gasteiger partial charge on any atom is 0.243 e. The summed E-state index contributed by atoms with van der Waals surface area (Å²) in [5.74, 6) is -0.0451. The van der Waals surface area contributed by atoms with Crippen LogP contribution in [0.2, 0.25) is 0 Å². The number of likely N-dealkylation sites (tertiary alicyclic amines) is 1. The Labute approximate surface area is 231 Å². The number of hydrogen-bond acceptors (Lipinski definition) is 7. The number of fused-ring (bicyclic) bond motifs is 1.